The predicted molar refractivity (Wildman–Crippen MR) is 79.7 cm³/mol. The van der Waals surface area contributed by atoms with E-state index in [1.807, 2.05) is 0 Å². The first kappa shape index (κ1) is 14.1. The summed E-state index contributed by atoms with van der Waals surface area (Å²) in [5.41, 5.74) is 1.10. The SMILES string of the molecule is CCNc1ncnc(NCCCN2CCCC2)c1C. The van der Waals surface area contributed by atoms with Crippen LogP contribution in [0.3, 0.4) is 0 Å². The third-order valence-electron chi connectivity index (χ3n) is 3.57. The largest absolute Gasteiger partial charge is 0.370 e. The number of nitrogens with zero attached hydrogens (tertiary/aromatic N) is 3. The molecule has 0 amide bonds. The van der Waals surface area contributed by atoms with Crippen molar-refractivity contribution in [3.63, 3.8) is 0 Å². The quantitative estimate of drug-likeness (QED) is 0.738. The number of anilines is 2. The predicted octanol–water partition coefficient (Wildman–Crippen LogP) is 2.11. The fourth-order valence-corrected chi connectivity index (χ4v) is 2.49. The first-order chi connectivity index (χ1) is 9.31. The Morgan fingerprint density at radius 3 is 2.53 bits per heavy atom. The Kier molecular flexibility index (Phi) is 5.39. The van der Waals surface area contributed by atoms with Crippen molar-refractivity contribution in [2.45, 2.75) is 33.1 Å². The maximum Gasteiger partial charge on any atom is 0.134 e. The molecule has 5 heteroatoms. The second-order valence-corrected chi connectivity index (χ2v) is 5.06. The minimum absolute atomic E-state index is 0.881. The van der Waals surface area contributed by atoms with Crippen molar-refractivity contribution >= 4 is 11.6 Å². The van der Waals surface area contributed by atoms with Crippen molar-refractivity contribution in [3.05, 3.63) is 11.9 Å². The van der Waals surface area contributed by atoms with Gasteiger partial charge < -0.3 is 15.5 Å². The molecule has 0 atom stereocenters. The van der Waals surface area contributed by atoms with Crippen molar-refractivity contribution < 1.29 is 0 Å². The molecule has 0 unspecified atom stereocenters. The number of hydrogen-bond donors (Lipinski definition) is 2. The van der Waals surface area contributed by atoms with E-state index in [4.69, 9.17) is 0 Å². The highest BCUT2D eigenvalue weighted by Crippen LogP contribution is 2.17. The van der Waals surface area contributed by atoms with Crippen molar-refractivity contribution in [3.8, 4) is 0 Å². The van der Waals surface area contributed by atoms with Crippen LogP contribution in [0.1, 0.15) is 31.7 Å². The van der Waals surface area contributed by atoms with Crippen LogP contribution in [0.25, 0.3) is 0 Å². The van der Waals surface area contributed by atoms with Crippen LogP contribution in [0.2, 0.25) is 0 Å². The molecule has 1 aromatic rings. The normalized spacial score (nSPS) is 15.7. The number of aromatic nitrogens is 2. The highest BCUT2D eigenvalue weighted by molar-refractivity contribution is 5.56. The van der Waals surface area contributed by atoms with E-state index in [1.54, 1.807) is 6.33 Å². The molecule has 1 aliphatic rings. The lowest BCUT2D eigenvalue weighted by Gasteiger charge is -2.15. The van der Waals surface area contributed by atoms with E-state index in [0.29, 0.717) is 0 Å². The van der Waals surface area contributed by atoms with E-state index in [1.165, 1.54) is 38.9 Å². The molecule has 2 N–H and O–H groups in total. The summed E-state index contributed by atoms with van der Waals surface area (Å²) >= 11 is 0. The summed E-state index contributed by atoms with van der Waals surface area (Å²) in [4.78, 5) is 11.1. The van der Waals surface area contributed by atoms with Crippen LogP contribution in [0.4, 0.5) is 11.6 Å². The Labute approximate surface area is 115 Å². The third kappa shape index (κ3) is 4.06. The molecule has 0 aliphatic carbocycles. The maximum absolute atomic E-state index is 4.31. The topological polar surface area (TPSA) is 53.1 Å². The molecule has 1 aliphatic heterocycles. The van der Waals surface area contributed by atoms with Crippen molar-refractivity contribution in [2.75, 3.05) is 43.4 Å². The molecular formula is C14H25N5. The Bertz CT molecular complexity index is 387. The standard InChI is InChI=1S/C14H25N5/c1-3-15-13-12(2)14(18-11-17-13)16-7-6-10-19-8-4-5-9-19/h11H,3-10H2,1-2H3,(H2,15,16,17,18). The van der Waals surface area contributed by atoms with Crippen LogP contribution in [0, 0.1) is 6.92 Å². The molecule has 5 nitrogen and oxygen atoms in total. The summed E-state index contributed by atoms with van der Waals surface area (Å²) in [6, 6.07) is 0. The second-order valence-electron chi connectivity index (χ2n) is 5.06. The van der Waals surface area contributed by atoms with E-state index >= 15 is 0 Å². The van der Waals surface area contributed by atoms with E-state index < -0.39 is 0 Å². The number of hydrogen-bond acceptors (Lipinski definition) is 5. The van der Waals surface area contributed by atoms with Gasteiger partial charge in [0.05, 0.1) is 0 Å². The van der Waals surface area contributed by atoms with Gasteiger partial charge in [-0.25, -0.2) is 9.97 Å². The van der Waals surface area contributed by atoms with E-state index in [9.17, 15) is 0 Å². The minimum atomic E-state index is 0.881. The van der Waals surface area contributed by atoms with Gasteiger partial charge >= 0.3 is 0 Å². The molecule has 0 radical (unpaired) electrons. The maximum atomic E-state index is 4.31. The number of rotatable bonds is 7. The van der Waals surface area contributed by atoms with Gasteiger partial charge in [0.25, 0.3) is 0 Å². The van der Waals surface area contributed by atoms with Gasteiger partial charge in [-0.1, -0.05) is 0 Å². The van der Waals surface area contributed by atoms with Gasteiger partial charge in [0.15, 0.2) is 0 Å². The van der Waals surface area contributed by atoms with Gasteiger partial charge in [-0.2, -0.15) is 0 Å². The van der Waals surface area contributed by atoms with Crippen LogP contribution in [0.15, 0.2) is 6.33 Å². The third-order valence-corrected chi connectivity index (χ3v) is 3.57. The van der Waals surface area contributed by atoms with Crippen molar-refractivity contribution in [2.24, 2.45) is 0 Å². The average Bonchev–Trinajstić information content (AvgIpc) is 2.92. The highest BCUT2D eigenvalue weighted by atomic mass is 15.1. The summed E-state index contributed by atoms with van der Waals surface area (Å²) in [5, 5.41) is 6.67. The fourth-order valence-electron chi connectivity index (χ4n) is 2.49. The van der Waals surface area contributed by atoms with Gasteiger partial charge in [-0.15, -0.1) is 0 Å². The monoisotopic (exact) mass is 263 g/mol. The molecule has 1 aromatic heterocycles. The summed E-state index contributed by atoms with van der Waals surface area (Å²) in [6.45, 7) is 9.73. The van der Waals surface area contributed by atoms with Gasteiger partial charge in [-0.3, -0.25) is 0 Å². The van der Waals surface area contributed by atoms with E-state index in [2.05, 4.69) is 39.3 Å². The molecule has 2 rings (SSSR count). The molecular weight excluding hydrogens is 238 g/mol. The summed E-state index contributed by atoms with van der Waals surface area (Å²) in [6.07, 6.45) is 5.52. The zero-order valence-electron chi connectivity index (χ0n) is 12.1. The lowest BCUT2D eigenvalue weighted by molar-refractivity contribution is 0.337. The first-order valence-electron chi connectivity index (χ1n) is 7.33. The molecule has 0 bridgehead atoms. The van der Waals surface area contributed by atoms with Gasteiger partial charge in [0.2, 0.25) is 0 Å². The van der Waals surface area contributed by atoms with Crippen LogP contribution in [0.5, 0.6) is 0 Å². The van der Waals surface area contributed by atoms with Crippen molar-refractivity contribution in [1.29, 1.82) is 0 Å². The van der Waals surface area contributed by atoms with Crippen molar-refractivity contribution in [1.82, 2.24) is 14.9 Å². The van der Waals surface area contributed by atoms with Crippen LogP contribution < -0.4 is 10.6 Å². The molecule has 1 fully saturated rings. The van der Waals surface area contributed by atoms with E-state index in [-0.39, 0.29) is 0 Å². The zero-order valence-corrected chi connectivity index (χ0v) is 12.1. The average molecular weight is 263 g/mol. The molecule has 0 spiro atoms. The molecule has 0 saturated carbocycles. The van der Waals surface area contributed by atoms with Crippen LogP contribution in [-0.2, 0) is 0 Å². The van der Waals surface area contributed by atoms with Crippen LogP contribution >= 0.6 is 0 Å². The van der Waals surface area contributed by atoms with Gasteiger partial charge in [-0.05, 0) is 52.7 Å². The smallest absolute Gasteiger partial charge is 0.134 e. The second kappa shape index (κ2) is 7.28. The van der Waals surface area contributed by atoms with Crippen LogP contribution in [-0.4, -0.2) is 47.6 Å². The Morgan fingerprint density at radius 2 is 1.84 bits per heavy atom. The summed E-state index contributed by atoms with van der Waals surface area (Å²) in [5.74, 6) is 1.88. The molecule has 2 heterocycles. The Balaban J connectivity index is 1.77. The molecule has 1 saturated heterocycles. The molecule has 19 heavy (non-hydrogen) atoms. The lowest BCUT2D eigenvalue weighted by Crippen LogP contribution is -2.22. The molecule has 0 aromatic carbocycles. The minimum Gasteiger partial charge on any atom is -0.370 e. The summed E-state index contributed by atoms with van der Waals surface area (Å²) < 4.78 is 0. The Morgan fingerprint density at radius 1 is 1.16 bits per heavy atom. The van der Waals surface area contributed by atoms with Gasteiger partial charge in [0, 0.05) is 18.7 Å². The number of likely N-dealkylation sites (tertiary alicyclic amines) is 1. The fraction of sp³-hybridized carbons (Fsp3) is 0.714. The highest BCUT2D eigenvalue weighted by Gasteiger charge is 2.10. The van der Waals surface area contributed by atoms with Gasteiger partial charge in [0.1, 0.15) is 18.0 Å². The lowest BCUT2D eigenvalue weighted by atomic mass is 10.3. The zero-order chi connectivity index (χ0) is 13.5. The summed E-state index contributed by atoms with van der Waals surface area (Å²) in [7, 11) is 0. The number of nitrogens with one attached hydrogen (secondary N) is 2. The Hall–Kier alpha value is -1.36. The van der Waals surface area contributed by atoms with E-state index in [0.717, 1.165) is 30.3 Å². The molecule has 106 valence electrons. The first-order valence-corrected chi connectivity index (χ1v) is 7.33.